The second kappa shape index (κ2) is 4.44. The highest BCUT2D eigenvalue weighted by Gasteiger charge is 2.27. The Morgan fingerprint density at radius 3 is 2.69 bits per heavy atom. The van der Waals surface area contributed by atoms with Crippen LogP contribution in [0.25, 0.3) is 0 Å². The minimum absolute atomic E-state index is 0.326. The van der Waals surface area contributed by atoms with Gasteiger partial charge in [0, 0.05) is 13.3 Å². The fourth-order valence-corrected chi connectivity index (χ4v) is 1.22. The van der Waals surface area contributed by atoms with E-state index >= 15 is 0 Å². The van der Waals surface area contributed by atoms with E-state index in [1.165, 1.54) is 7.11 Å². The number of hydrogen-bond donors (Lipinski definition) is 2. The Labute approximate surface area is 92.3 Å². The Morgan fingerprint density at radius 1 is 1.69 bits per heavy atom. The summed E-state index contributed by atoms with van der Waals surface area (Å²) in [4.78, 5) is 28.4. The minimum atomic E-state index is -1.30. The number of methoxy groups -OCH3 is 1. The van der Waals surface area contributed by atoms with Crippen LogP contribution in [0.5, 0.6) is 0 Å². The van der Waals surface area contributed by atoms with Crippen LogP contribution in [0.2, 0.25) is 0 Å². The smallest absolute Gasteiger partial charge is 0.342 e. The molecule has 0 saturated heterocycles. The van der Waals surface area contributed by atoms with Crippen LogP contribution in [-0.2, 0) is 10.3 Å². The first-order chi connectivity index (χ1) is 7.44. The molecule has 1 aromatic heterocycles. The molecule has 0 aliphatic heterocycles. The summed E-state index contributed by atoms with van der Waals surface area (Å²) in [5, 5.41) is 8.68. The third-order valence-corrected chi connectivity index (χ3v) is 2.66. The van der Waals surface area contributed by atoms with E-state index in [0.29, 0.717) is 12.2 Å². The van der Waals surface area contributed by atoms with Crippen molar-refractivity contribution in [2.24, 2.45) is 0 Å². The van der Waals surface area contributed by atoms with E-state index in [-0.39, 0.29) is 5.56 Å². The lowest BCUT2D eigenvalue weighted by molar-refractivity contribution is -0.00926. The second-order valence-electron chi connectivity index (χ2n) is 3.57. The molecule has 1 aromatic rings. The van der Waals surface area contributed by atoms with Gasteiger partial charge in [-0.3, -0.25) is 4.79 Å². The summed E-state index contributed by atoms with van der Waals surface area (Å²) in [5.41, 5.74) is -1.76. The summed E-state index contributed by atoms with van der Waals surface area (Å²) in [7, 11) is 1.51. The predicted octanol–water partition coefficient (Wildman–Crippen LogP) is 0.740. The van der Waals surface area contributed by atoms with Gasteiger partial charge in [-0.1, -0.05) is 6.92 Å². The third-order valence-electron chi connectivity index (χ3n) is 2.66. The summed E-state index contributed by atoms with van der Waals surface area (Å²) in [6.45, 7) is 3.65. The first-order valence-electron chi connectivity index (χ1n) is 4.83. The van der Waals surface area contributed by atoms with Gasteiger partial charge < -0.3 is 14.8 Å². The van der Waals surface area contributed by atoms with Crippen LogP contribution in [0.15, 0.2) is 11.0 Å². The van der Waals surface area contributed by atoms with Crippen LogP contribution in [0.1, 0.15) is 36.5 Å². The van der Waals surface area contributed by atoms with Crippen molar-refractivity contribution < 1.29 is 14.6 Å². The molecule has 6 nitrogen and oxygen atoms in total. The molecule has 0 fully saturated rings. The van der Waals surface area contributed by atoms with Gasteiger partial charge in [0.05, 0.1) is 0 Å². The summed E-state index contributed by atoms with van der Waals surface area (Å²) in [6.07, 6.45) is 1.66. The number of carboxylic acid groups (broad SMARTS) is 1. The highest BCUT2D eigenvalue weighted by Crippen LogP contribution is 2.23. The highest BCUT2D eigenvalue weighted by molar-refractivity contribution is 5.86. The van der Waals surface area contributed by atoms with Crippen molar-refractivity contribution in [1.82, 2.24) is 9.97 Å². The average molecular weight is 226 g/mol. The van der Waals surface area contributed by atoms with Crippen molar-refractivity contribution in [1.29, 1.82) is 0 Å². The largest absolute Gasteiger partial charge is 0.477 e. The fraction of sp³-hybridized carbons (Fsp3) is 0.500. The molecule has 0 spiro atoms. The van der Waals surface area contributed by atoms with E-state index in [4.69, 9.17) is 9.84 Å². The summed E-state index contributed by atoms with van der Waals surface area (Å²) >= 11 is 0. The Kier molecular flexibility index (Phi) is 3.44. The topological polar surface area (TPSA) is 92.3 Å². The van der Waals surface area contributed by atoms with Gasteiger partial charge in [-0.05, 0) is 13.3 Å². The maximum absolute atomic E-state index is 11.4. The van der Waals surface area contributed by atoms with Gasteiger partial charge in [-0.2, -0.15) is 0 Å². The molecule has 0 bridgehead atoms. The summed E-state index contributed by atoms with van der Waals surface area (Å²) in [5.74, 6) is -0.969. The Balaban J connectivity index is 3.25. The lowest BCUT2D eigenvalue weighted by atomic mass is 10.0. The molecule has 0 radical (unpaired) electrons. The standard InChI is InChI=1S/C10H14N2O4/c1-4-10(2,16-3)9-11-5-6(8(14)15)7(13)12-9/h5H,4H2,1-3H3,(H,14,15)(H,11,12,13). The summed E-state index contributed by atoms with van der Waals surface area (Å²) < 4.78 is 5.25. The highest BCUT2D eigenvalue weighted by atomic mass is 16.5. The van der Waals surface area contributed by atoms with E-state index < -0.39 is 17.1 Å². The quantitative estimate of drug-likeness (QED) is 0.789. The fourth-order valence-electron chi connectivity index (χ4n) is 1.22. The molecule has 0 aliphatic rings. The van der Waals surface area contributed by atoms with Gasteiger partial charge in [0.15, 0.2) is 0 Å². The zero-order valence-electron chi connectivity index (χ0n) is 9.40. The van der Waals surface area contributed by atoms with E-state index in [1.807, 2.05) is 6.92 Å². The molecule has 1 rings (SSSR count). The number of carboxylic acids is 1. The van der Waals surface area contributed by atoms with Crippen LogP contribution < -0.4 is 5.56 Å². The molecule has 16 heavy (non-hydrogen) atoms. The van der Waals surface area contributed by atoms with Crippen molar-refractivity contribution in [3.05, 3.63) is 27.9 Å². The van der Waals surface area contributed by atoms with Gasteiger partial charge in [-0.15, -0.1) is 0 Å². The molecule has 1 heterocycles. The van der Waals surface area contributed by atoms with Gasteiger partial charge in [0.2, 0.25) is 0 Å². The second-order valence-corrected chi connectivity index (χ2v) is 3.57. The SMILES string of the molecule is CCC(C)(OC)c1ncc(C(=O)O)c(=O)[nH]1. The molecule has 1 atom stereocenters. The van der Waals surface area contributed by atoms with Gasteiger partial charge in [-0.25, -0.2) is 9.78 Å². The molecule has 0 saturated carbocycles. The van der Waals surface area contributed by atoms with Crippen molar-refractivity contribution in [3.63, 3.8) is 0 Å². The van der Waals surface area contributed by atoms with E-state index in [2.05, 4.69) is 9.97 Å². The van der Waals surface area contributed by atoms with Gasteiger partial charge >= 0.3 is 5.97 Å². The molecule has 6 heteroatoms. The van der Waals surface area contributed by atoms with Gasteiger partial charge in [0.1, 0.15) is 17.0 Å². The van der Waals surface area contributed by atoms with Crippen molar-refractivity contribution >= 4 is 5.97 Å². The monoisotopic (exact) mass is 226 g/mol. The van der Waals surface area contributed by atoms with Crippen LogP contribution in [-0.4, -0.2) is 28.2 Å². The predicted molar refractivity (Wildman–Crippen MR) is 56.5 cm³/mol. The number of hydrogen-bond acceptors (Lipinski definition) is 4. The number of nitrogens with one attached hydrogen (secondary N) is 1. The number of carbonyl (C=O) groups is 1. The molecule has 2 N–H and O–H groups in total. The zero-order valence-corrected chi connectivity index (χ0v) is 9.40. The lowest BCUT2D eigenvalue weighted by Crippen LogP contribution is -2.31. The van der Waals surface area contributed by atoms with Crippen LogP contribution in [0, 0.1) is 0 Å². The average Bonchev–Trinajstić information content (AvgIpc) is 2.27. The Hall–Kier alpha value is -1.69. The Bertz CT molecular complexity index is 448. The van der Waals surface area contributed by atoms with Crippen molar-refractivity contribution in [2.45, 2.75) is 25.9 Å². The molecule has 0 aliphatic carbocycles. The van der Waals surface area contributed by atoms with E-state index in [1.54, 1.807) is 6.92 Å². The number of aromatic nitrogens is 2. The lowest BCUT2D eigenvalue weighted by Gasteiger charge is -2.25. The number of ether oxygens (including phenoxy) is 1. The zero-order chi connectivity index (χ0) is 12.3. The van der Waals surface area contributed by atoms with Gasteiger partial charge in [0.25, 0.3) is 5.56 Å². The number of aromatic amines is 1. The number of aromatic carboxylic acids is 1. The first kappa shape index (κ1) is 12.4. The van der Waals surface area contributed by atoms with Crippen LogP contribution in [0.4, 0.5) is 0 Å². The molecule has 0 aromatic carbocycles. The molecule has 0 amide bonds. The van der Waals surface area contributed by atoms with Crippen LogP contribution >= 0.6 is 0 Å². The minimum Gasteiger partial charge on any atom is -0.477 e. The van der Waals surface area contributed by atoms with Crippen molar-refractivity contribution in [2.75, 3.05) is 7.11 Å². The molecule has 88 valence electrons. The molecule has 1 unspecified atom stereocenters. The van der Waals surface area contributed by atoms with Crippen LogP contribution in [0.3, 0.4) is 0 Å². The number of H-pyrrole nitrogens is 1. The van der Waals surface area contributed by atoms with E-state index in [0.717, 1.165) is 6.20 Å². The molecular formula is C10H14N2O4. The summed E-state index contributed by atoms with van der Waals surface area (Å²) in [6, 6.07) is 0. The normalized spacial score (nSPS) is 14.4. The van der Waals surface area contributed by atoms with E-state index in [9.17, 15) is 9.59 Å². The Morgan fingerprint density at radius 2 is 2.31 bits per heavy atom. The van der Waals surface area contributed by atoms with Crippen molar-refractivity contribution in [3.8, 4) is 0 Å². The molecular weight excluding hydrogens is 212 g/mol. The third kappa shape index (κ3) is 2.11. The maximum atomic E-state index is 11.4. The maximum Gasteiger partial charge on any atom is 0.342 e. The first-order valence-corrected chi connectivity index (χ1v) is 4.83. The number of rotatable bonds is 4. The number of nitrogens with zero attached hydrogens (tertiary/aromatic N) is 1.